The molecule has 11 aromatic carbocycles. The largest absolute Gasteiger partial charge is 0.455 e. The number of para-hydroxylation sites is 3. The van der Waals surface area contributed by atoms with Crippen molar-refractivity contribution in [3.05, 3.63) is 224 Å². The second-order valence-electron chi connectivity index (χ2n) is 18.0. The van der Waals surface area contributed by atoms with Gasteiger partial charge in [-0.3, -0.25) is 0 Å². The number of aromatic nitrogens is 5. The first kappa shape index (κ1) is 37.8. The smallest absolute Gasteiger partial charge is 0.167 e. The van der Waals surface area contributed by atoms with Crippen molar-refractivity contribution in [2.75, 3.05) is 0 Å². The number of furan rings is 1. The molecule has 4 heterocycles. The van der Waals surface area contributed by atoms with E-state index in [0.29, 0.717) is 17.5 Å². The van der Waals surface area contributed by atoms with Gasteiger partial charge < -0.3 is 13.6 Å². The maximum absolute atomic E-state index is 6.89. The van der Waals surface area contributed by atoms with E-state index < -0.39 is 0 Å². The average Bonchev–Trinajstić information content (AvgIpc) is 4.06. The van der Waals surface area contributed by atoms with E-state index in [1.807, 2.05) is 12.1 Å². The standard InChI is InChI=1S/C63H37N5O/c1-2-20-46(21-3-1)67-55-24-12-10-22-48(55)49-29-28-45(35-56(49)67)62-64-61(44-27-26-38-14-4-5-15-39(38)30-44)65-63(66-62)54-37-47(36-53-50-23-11-13-25-59(50)69-60(53)54)68-57-33-42-18-8-6-16-40(42)31-51(57)52-32-41-17-7-9-19-43(41)34-58(52)68/h1-37H. The lowest BCUT2D eigenvalue weighted by Crippen LogP contribution is -2.02. The highest BCUT2D eigenvalue weighted by Gasteiger charge is 2.23. The van der Waals surface area contributed by atoms with E-state index in [-0.39, 0.29) is 0 Å². The molecule has 0 N–H and O–H groups in total. The van der Waals surface area contributed by atoms with E-state index in [4.69, 9.17) is 19.4 Å². The zero-order valence-corrected chi connectivity index (χ0v) is 37.0. The van der Waals surface area contributed by atoms with Gasteiger partial charge in [-0.25, -0.2) is 15.0 Å². The van der Waals surface area contributed by atoms with E-state index in [1.165, 1.54) is 37.7 Å². The normalized spacial score (nSPS) is 12.1. The van der Waals surface area contributed by atoms with Gasteiger partial charge in [-0.2, -0.15) is 0 Å². The van der Waals surface area contributed by atoms with Crippen LogP contribution in [0.2, 0.25) is 0 Å². The van der Waals surface area contributed by atoms with Gasteiger partial charge in [0.05, 0.1) is 27.6 Å². The topological polar surface area (TPSA) is 61.7 Å². The van der Waals surface area contributed by atoms with Crippen LogP contribution in [-0.2, 0) is 0 Å². The minimum Gasteiger partial charge on any atom is -0.455 e. The molecule has 0 aliphatic heterocycles. The summed E-state index contributed by atoms with van der Waals surface area (Å²) in [4.78, 5) is 16.2. The van der Waals surface area contributed by atoms with Gasteiger partial charge >= 0.3 is 0 Å². The highest BCUT2D eigenvalue weighted by molar-refractivity contribution is 6.18. The Balaban J connectivity index is 1.03. The summed E-state index contributed by atoms with van der Waals surface area (Å²) in [6, 6.07) is 79.9. The fourth-order valence-electron chi connectivity index (χ4n) is 10.8. The lowest BCUT2D eigenvalue weighted by Gasteiger charge is -2.13. The molecule has 0 fully saturated rings. The number of hydrogen-bond acceptors (Lipinski definition) is 4. The number of benzene rings is 11. The summed E-state index contributed by atoms with van der Waals surface area (Å²) in [7, 11) is 0. The SMILES string of the molecule is c1ccc(-n2c3ccccc3c3ccc(-c4nc(-c5ccc6ccccc6c5)nc(-c5cc(-n6c7cc8ccccc8cc7c7cc8ccccc8cc76)cc6c5oc5ccccc56)n4)cc32)cc1. The summed E-state index contributed by atoms with van der Waals surface area (Å²) >= 11 is 0. The third kappa shape index (κ3) is 5.82. The second-order valence-corrected chi connectivity index (χ2v) is 18.0. The molecule has 15 rings (SSSR count). The molecular formula is C63H37N5O. The van der Waals surface area contributed by atoms with Crippen LogP contribution in [0.3, 0.4) is 0 Å². The predicted molar refractivity (Wildman–Crippen MR) is 285 cm³/mol. The van der Waals surface area contributed by atoms with Crippen molar-refractivity contribution in [2.24, 2.45) is 0 Å². The van der Waals surface area contributed by atoms with Gasteiger partial charge in [0.2, 0.25) is 0 Å². The molecule has 6 nitrogen and oxygen atoms in total. The number of rotatable bonds is 5. The molecule has 0 amide bonds. The summed E-state index contributed by atoms with van der Waals surface area (Å²) in [6.45, 7) is 0. The van der Waals surface area contributed by atoms with E-state index >= 15 is 0 Å². The Morgan fingerprint density at radius 1 is 0.290 bits per heavy atom. The maximum Gasteiger partial charge on any atom is 0.167 e. The second kappa shape index (κ2) is 14.6. The minimum atomic E-state index is 0.523. The zero-order valence-electron chi connectivity index (χ0n) is 37.0. The van der Waals surface area contributed by atoms with E-state index in [9.17, 15) is 0 Å². The van der Waals surface area contributed by atoms with E-state index in [1.54, 1.807) is 0 Å². The van der Waals surface area contributed by atoms with E-state index in [0.717, 1.165) is 88.2 Å². The van der Waals surface area contributed by atoms with Crippen LogP contribution in [0.25, 0.3) is 143 Å². The molecular weight excluding hydrogens is 843 g/mol. The van der Waals surface area contributed by atoms with Crippen LogP contribution in [0.4, 0.5) is 0 Å². The van der Waals surface area contributed by atoms with Gasteiger partial charge in [-0.15, -0.1) is 0 Å². The quantitative estimate of drug-likeness (QED) is 0.173. The average molecular weight is 880 g/mol. The van der Waals surface area contributed by atoms with Gasteiger partial charge in [0.25, 0.3) is 0 Å². The van der Waals surface area contributed by atoms with Crippen molar-refractivity contribution in [3.63, 3.8) is 0 Å². The van der Waals surface area contributed by atoms with Crippen molar-refractivity contribution in [1.29, 1.82) is 0 Å². The van der Waals surface area contributed by atoms with Crippen molar-refractivity contribution < 1.29 is 4.42 Å². The monoisotopic (exact) mass is 879 g/mol. The van der Waals surface area contributed by atoms with Crippen LogP contribution in [0.5, 0.6) is 0 Å². The summed E-state index contributed by atoms with van der Waals surface area (Å²) in [5, 5.41) is 13.8. The summed E-state index contributed by atoms with van der Waals surface area (Å²) in [5.41, 5.74) is 10.6. The summed E-state index contributed by atoms with van der Waals surface area (Å²) in [5.74, 6) is 1.67. The minimum absolute atomic E-state index is 0.523. The Labute approximate surface area is 394 Å². The Morgan fingerprint density at radius 3 is 1.51 bits per heavy atom. The zero-order chi connectivity index (χ0) is 45.2. The number of nitrogens with zero attached hydrogens (tertiary/aromatic N) is 5. The summed E-state index contributed by atoms with van der Waals surface area (Å²) < 4.78 is 11.6. The van der Waals surface area contributed by atoms with Crippen molar-refractivity contribution in [3.8, 4) is 45.5 Å². The van der Waals surface area contributed by atoms with Gasteiger partial charge in [-0.05, 0) is 105 Å². The molecule has 0 bridgehead atoms. The third-order valence-electron chi connectivity index (χ3n) is 14.1. The third-order valence-corrected chi connectivity index (χ3v) is 14.1. The maximum atomic E-state index is 6.89. The molecule has 0 saturated heterocycles. The summed E-state index contributed by atoms with van der Waals surface area (Å²) in [6.07, 6.45) is 0. The molecule has 0 spiro atoms. The molecule has 15 aromatic rings. The van der Waals surface area contributed by atoms with Crippen LogP contribution in [-0.4, -0.2) is 24.1 Å². The Hall–Kier alpha value is -9.39. The van der Waals surface area contributed by atoms with Crippen LogP contribution >= 0.6 is 0 Å². The van der Waals surface area contributed by atoms with Crippen LogP contribution < -0.4 is 0 Å². The van der Waals surface area contributed by atoms with Gasteiger partial charge in [-0.1, -0.05) is 152 Å². The Kier molecular flexibility index (Phi) is 7.97. The fourth-order valence-corrected chi connectivity index (χ4v) is 10.8. The Bertz CT molecular complexity index is 4520. The highest BCUT2D eigenvalue weighted by Crippen LogP contribution is 2.43. The first-order valence-corrected chi connectivity index (χ1v) is 23.3. The molecule has 320 valence electrons. The van der Waals surface area contributed by atoms with Gasteiger partial charge in [0.1, 0.15) is 11.2 Å². The van der Waals surface area contributed by atoms with Crippen LogP contribution in [0.15, 0.2) is 229 Å². The fraction of sp³-hybridized carbons (Fsp3) is 0. The van der Waals surface area contributed by atoms with Crippen molar-refractivity contribution >= 4 is 97.9 Å². The molecule has 0 radical (unpaired) electrons. The Morgan fingerprint density at radius 2 is 0.797 bits per heavy atom. The first-order valence-electron chi connectivity index (χ1n) is 23.3. The lowest BCUT2D eigenvalue weighted by atomic mass is 10.0. The molecule has 69 heavy (non-hydrogen) atoms. The molecule has 4 aromatic heterocycles. The van der Waals surface area contributed by atoms with Crippen molar-refractivity contribution in [1.82, 2.24) is 24.1 Å². The number of fused-ring (bicyclic) bond motifs is 12. The number of hydrogen-bond donors (Lipinski definition) is 0. The van der Waals surface area contributed by atoms with E-state index in [2.05, 4.69) is 221 Å². The molecule has 0 aliphatic carbocycles. The van der Waals surface area contributed by atoms with Crippen molar-refractivity contribution in [2.45, 2.75) is 0 Å². The first-order chi connectivity index (χ1) is 34.2. The predicted octanol–water partition coefficient (Wildman–Crippen LogP) is 16.4. The molecule has 0 unspecified atom stereocenters. The molecule has 0 saturated carbocycles. The lowest BCUT2D eigenvalue weighted by molar-refractivity contribution is 0.669. The van der Waals surface area contributed by atoms with Crippen LogP contribution in [0.1, 0.15) is 0 Å². The van der Waals surface area contributed by atoms with Gasteiger partial charge in [0, 0.05) is 54.8 Å². The highest BCUT2D eigenvalue weighted by atomic mass is 16.3. The molecule has 0 aliphatic rings. The van der Waals surface area contributed by atoms with Crippen LogP contribution in [0, 0.1) is 0 Å². The molecule has 6 heteroatoms. The van der Waals surface area contributed by atoms with Gasteiger partial charge in [0.15, 0.2) is 17.5 Å². The molecule has 0 atom stereocenters.